The Labute approximate surface area is 76.9 Å². The van der Waals surface area contributed by atoms with E-state index >= 15 is 0 Å². The van der Waals surface area contributed by atoms with E-state index in [1.807, 2.05) is 6.08 Å². The first-order valence-corrected chi connectivity index (χ1v) is 4.73. The van der Waals surface area contributed by atoms with Gasteiger partial charge in [0.05, 0.1) is 0 Å². The molecule has 0 unspecified atom stereocenters. The molecule has 0 bridgehead atoms. The number of ketones is 1. The summed E-state index contributed by atoms with van der Waals surface area (Å²) < 4.78 is 0. The molecular formula is C11H22O. The molecule has 0 rings (SSSR count). The summed E-state index contributed by atoms with van der Waals surface area (Å²) in [6, 6.07) is 0. The lowest BCUT2D eigenvalue weighted by Crippen LogP contribution is -1.71. The predicted molar refractivity (Wildman–Crippen MR) is 55.3 cm³/mol. The van der Waals surface area contributed by atoms with E-state index < -0.39 is 0 Å². The van der Waals surface area contributed by atoms with Crippen LogP contribution < -0.4 is 0 Å². The highest BCUT2D eigenvalue weighted by atomic mass is 16.1. The lowest BCUT2D eigenvalue weighted by molar-refractivity contribution is -0.114. The normalized spacial score (nSPS) is 8.25. The van der Waals surface area contributed by atoms with Crippen LogP contribution in [0.25, 0.3) is 0 Å². The van der Waals surface area contributed by atoms with Crippen LogP contribution in [0.3, 0.4) is 0 Å². The summed E-state index contributed by atoms with van der Waals surface area (Å²) in [7, 11) is 0. The minimum atomic E-state index is 0.167. The van der Waals surface area contributed by atoms with E-state index in [9.17, 15) is 4.79 Å². The molecule has 0 amide bonds. The molecule has 0 aliphatic rings. The maximum Gasteiger partial charge on any atom is 0.126 e. The van der Waals surface area contributed by atoms with Gasteiger partial charge in [-0.25, -0.2) is 0 Å². The van der Waals surface area contributed by atoms with Gasteiger partial charge in [-0.1, -0.05) is 32.3 Å². The quantitative estimate of drug-likeness (QED) is 0.454. The Balaban J connectivity index is 0. The number of unbranched alkanes of at least 4 members (excludes halogenated alkanes) is 4. The van der Waals surface area contributed by atoms with Crippen LogP contribution in [0.5, 0.6) is 0 Å². The van der Waals surface area contributed by atoms with Crippen molar-refractivity contribution in [2.24, 2.45) is 0 Å². The third-order valence-corrected chi connectivity index (χ3v) is 1.26. The maximum atomic E-state index is 9.44. The van der Waals surface area contributed by atoms with Gasteiger partial charge >= 0.3 is 0 Å². The zero-order valence-electron chi connectivity index (χ0n) is 8.73. The molecule has 0 aromatic heterocycles. The molecule has 0 spiro atoms. The maximum absolute atomic E-state index is 9.44. The second-order valence-corrected chi connectivity index (χ2v) is 3.05. The third kappa shape index (κ3) is 34.2. The summed E-state index contributed by atoms with van der Waals surface area (Å²) in [5, 5.41) is 0. The number of Topliss-reactive ketones (excluding diaryl/α,β-unsaturated/α-hetero) is 1. The minimum absolute atomic E-state index is 0.167. The van der Waals surface area contributed by atoms with Crippen LogP contribution in [0, 0.1) is 0 Å². The van der Waals surface area contributed by atoms with Gasteiger partial charge in [0.15, 0.2) is 0 Å². The summed E-state index contributed by atoms with van der Waals surface area (Å²) in [5.74, 6) is 0.167. The lowest BCUT2D eigenvalue weighted by Gasteiger charge is -1.91. The largest absolute Gasteiger partial charge is 0.300 e. The van der Waals surface area contributed by atoms with Crippen molar-refractivity contribution in [1.82, 2.24) is 0 Å². The number of carbonyl (C=O) groups excluding carboxylic acids is 1. The summed E-state index contributed by atoms with van der Waals surface area (Å²) >= 11 is 0. The Bertz CT molecular complexity index is 102. The van der Waals surface area contributed by atoms with Gasteiger partial charge in [-0.15, -0.1) is 6.58 Å². The van der Waals surface area contributed by atoms with Crippen molar-refractivity contribution in [3.05, 3.63) is 12.7 Å². The van der Waals surface area contributed by atoms with E-state index in [0.29, 0.717) is 0 Å². The standard InChI is InChI=1S/C8H16.C3H6O/c1-3-5-7-8-6-4-2;1-3(2)4/h3H,1,4-8H2,2H3;1-2H3. The fourth-order valence-corrected chi connectivity index (χ4v) is 0.715. The van der Waals surface area contributed by atoms with Crippen LogP contribution in [0.4, 0.5) is 0 Å². The predicted octanol–water partition coefficient (Wildman–Crippen LogP) is 3.74. The zero-order chi connectivity index (χ0) is 9.82. The summed E-state index contributed by atoms with van der Waals surface area (Å²) in [6.07, 6.45) is 8.61. The van der Waals surface area contributed by atoms with Crippen LogP contribution >= 0.6 is 0 Å². The molecule has 0 atom stereocenters. The summed E-state index contributed by atoms with van der Waals surface area (Å²) in [5.41, 5.74) is 0. The second kappa shape index (κ2) is 13.0. The van der Waals surface area contributed by atoms with Crippen LogP contribution in [0.2, 0.25) is 0 Å². The molecule has 0 N–H and O–H groups in total. The molecule has 0 aliphatic heterocycles. The molecule has 72 valence electrons. The van der Waals surface area contributed by atoms with E-state index in [0.717, 1.165) is 0 Å². The Morgan fingerprint density at radius 3 is 2.08 bits per heavy atom. The minimum Gasteiger partial charge on any atom is -0.300 e. The highest BCUT2D eigenvalue weighted by molar-refractivity contribution is 5.72. The molecule has 0 aromatic carbocycles. The van der Waals surface area contributed by atoms with E-state index in [1.54, 1.807) is 0 Å². The van der Waals surface area contributed by atoms with Gasteiger partial charge in [-0.3, -0.25) is 0 Å². The average molecular weight is 170 g/mol. The van der Waals surface area contributed by atoms with Crippen molar-refractivity contribution < 1.29 is 4.79 Å². The van der Waals surface area contributed by atoms with E-state index in [2.05, 4.69) is 13.5 Å². The van der Waals surface area contributed by atoms with Crippen molar-refractivity contribution in [3.63, 3.8) is 0 Å². The fourth-order valence-electron chi connectivity index (χ4n) is 0.715. The van der Waals surface area contributed by atoms with Crippen LogP contribution in [0.1, 0.15) is 52.9 Å². The van der Waals surface area contributed by atoms with Crippen LogP contribution in [0.15, 0.2) is 12.7 Å². The lowest BCUT2D eigenvalue weighted by atomic mass is 10.2. The molecule has 1 heteroatoms. The first kappa shape index (κ1) is 14.0. The Kier molecular flexibility index (Phi) is 15.2. The molecule has 0 fully saturated rings. The number of rotatable bonds is 5. The zero-order valence-corrected chi connectivity index (χ0v) is 8.73. The SMILES string of the molecule is C=CCCCCCC.CC(C)=O. The van der Waals surface area contributed by atoms with Crippen molar-refractivity contribution in [3.8, 4) is 0 Å². The second-order valence-electron chi connectivity index (χ2n) is 3.05. The van der Waals surface area contributed by atoms with Gasteiger partial charge in [0.25, 0.3) is 0 Å². The van der Waals surface area contributed by atoms with E-state index in [4.69, 9.17) is 0 Å². The molecule has 0 saturated carbocycles. The first-order valence-electron chi connectivity index (χ1n) is 4.73. The topological polar surface area (TPSA) is 17.1 Å². The molecule has 0 radical (unpaired) electrons. The summed E-state index contributed by atoms with van der Waals surface area (Å²) in [6.45, 7) is 8.94. The number of hydrogen-bond acceptors (Lipinski definition) is 1. The smallest absolute Gasteiger partial charge is 0.126 e. The number of allylic oxidation sites excluding steroid dienone is 1. The van der Waals surface area contributed by atoms with Gasteiger partial charge in [-0.05, 0) is 26.7 Å². The Morgan fingerprint density at radius 2 is 1.75 bits per heavy atom. The molecule has 0 saturated heterocycles. The van der Waals surface area contributed by atoms with Gasteiger partial charge in [0.2, 0.25) is 0 Å². The van der Waals surface area contributed by atoms with Gasteiger partial charge in [0.1, 0.15) is 5.78 Å². The van der Waals surface area contributed by atoms with Crippen molar-refractivity contribution in [2.75, 3.05) is 0 Å². The van der Waals surface area contributed by atoms with Crippen LogP contribution in [-0.2, 0) is 4.79 Å². The summed E-state index contributed by atoms with van der Waals surface area (Å²) in [4.78, 5) is 9.44. The van der Waals surface area contributed by atoms with Crippen molar-refractivity contribution >= 4 is 5.78 Å². The molecule has 1 nitrogen and oxygen atoms in total. The van der Waals surface area contributed by atoms with Crippen LogP contribution in [-0.4, -0.2) is 5.78 Å². The van der Waals surface area contributed by atoms with Crippen molar-refractivity contribution in [1.29, 1.82) is 0 Å². The van der Waals surface area contributed by atoms with Gasteiger partial charge < -0.3 is 4.79 Å². The fraction of sp³-hybridized carbons (Fsp3) is 0.727. The van der Waals surface area contributed by atoms with E-state index in [-0.39, 0.29) is 5.78 Å². The molecule has 12 heavy (non-hydrogen) atoms. The highest BCUT2D eigenvalue weighted by Crippen LogP contribution is 2.01. The number of hydrogen-bond donors (Lipinski definition) is 0. The monoisotopic (exact) mass is 170 g/mol. The molecule has 0 aliphatic carbocycles. The Morgan fingerprint density at radius 1 is 1.25 bits per heavy atom. The first-order chi connectivity index (χ1) is 5.65. The Hall–Kier alpha value is -0.590. The number of carbonyl (C=O) groups is 1. The van der Waals surface area contributed by atoms with Crippen molar-refractivity contribution in [2.45, 2.75) is 52.9 Å². The third-order valence-electron chi connectivity index (χ3n) is 1.26. The van der Waals surface area contributed by atoms with Gasteiger partial charge in [-0.2, -0.15) is 0 Å². The average Bonchev–Trinajstić information content (AvgIpc) is 1.97. The molecular weight excluding hydrogens is 148 g/mol. The van der Waals surface area contributed by atoms with E-state index in [1.165, 1.54) is 46.0 Å². The van der Waals surface area contributed by atoms with Gasteiger partial charge in [0, 0.05) is 0 Å². The highest BCUT2D eigenvalue weighted by Gasteiger charge is 1.81. The molecule has 0 heterocycles. The molecule has 0 aromatic rings.